The summed E-state index contributed by atoms with van der Waals surface area (Å²) in [6.45, 7) is 4.71. The minimum absolute atomic E-state index is 0.0157. The van der Waals surface area contributed by atoms with Gasteiger partial charge in [0.15, 0.2) is 0 Å². The topological polar surface area (TPSA) is 84.2 Å². The number of carbonyl (C=O) groups excluding carboxylic acids is 1. The second-order valence-electron chi connectivity index (χ2n) is 6.23. The summed E-state index contributed by atoms with van der Waals surface area (Å²) in [5, 5.41) is 16.2. The Morgan fingerprint density at radius 3 is 2.40 bits per heavy atom. The Hall–Kier alpha value is -2.63. The van der Waals surface area contributed by atoms with E-state index >= 15 is 0 Å². The van der Waals surface area contributed by atoms with Gasteiger partial charge in [-0.3, -0.25) is 9.48 Å². The van der Waals surface area contributed by atoms with Crippen molar-refractivity contribution >= 4 is 11.9 Å². The summed E-state index contributed by atoms with van der Waals surface area (Å²) in [7, 11) is 1.94. The van der Waals surface area contributed by atoms with Crippen LogP contribution in [0.25, 0.3) is 0 Å². The van der Waals surface area contributed by atoms with Crippen molar-refractivity contribution in [1.82, 2.24) is 15.1 Å². The van der Waals surface area contributed by atoms with Crippen LogP contribution in [0.4, 0.5) is 0 Å². The largest absolute Gasteiger partial charge is 0.478 e. The van der Waals surface area contributed by atoms with Gasteiger partial charge in [-0.1, -0.05) is 12.1 Å². The molecule has 1 aromatic heterocycles. The van der Waals surface area contributed by atoms with E-state index in [1.165, 1.54) is 11.3 Å². The molecule has 0 aliphatic heterocycles. The van der Waals surface area contributed by atoms with Crippen molar-refractivity contribution in [2.75, 3.05) is 6.54 Å². The fourth-order valence-corrected chi connectivity index (χ4v) is 2.83. The zero-order chi connectivity index (χ0) is 18.4. The quantitative estimate of drug-likeness (QED) is 0.721. The number of nitrogens with zero attached hydrogens (tertiary/aromatic N) is 2. The van der Waals surface area contributed by atoms with Crippen LogP contribution in [0.1, 0.15) is 45.7 Å². The molecule has 0 aliphatic carbocycles. The maximum Gasteiger partial charge on any atom is 0.335 e. The van der Waals surface area contributed by atoms with E-state index in [-0.39, 0.29) is 11.5 Å². The van der Waals surface area contributed by atoms with E-state index in [1.54, 1.807) is 24.3 Å². The maximum absolute atomic E-state index is 11.9. The highest BCUT2D eigenvalue weighted by molar-refractivity contribution is 5.87. The second-order valence-corrected chi connectivity index (χ2v) is 6.23. The second kappa shape index (κ2) is 8.46. The summed E-state index contributed by atoms with van der Waals surface area (Å²) >= 11 is 0. The number of aryl methyl sites for hydroxylation is 3. The van der Waals surface area contributed by atoms with Crippen LogP contribution in [0.15, 0.2) is 24.3 Å². The van der Waals surface area contributed by atoms with E-state index in [4.69, 9.17) is 5.11 Å². The zero-order valence-corrected chi connectivity index (χ0v) is 15.0. The van der Waals surface area contributed by atoms with Crippen molar-refractivity contribution < 1.29 is 14.7 Å². The highest BCUT2D eigenvalue weighted by Gasteiger charge is 2.09. The molecule has 0 atom stereocenters. The van der Waals surface area contributed by atoms with Crippen LogP contribution in [-0.2, 0) is 24.7 Å². The number of nitrogens with one attached hydrogen (secondary N) is 1. The minimum atomic E-state index is -0.941. The van der Waals surface area contributed by atoms with Gasteiger partial charge in [0.1, 0.15) is 0 Å². The van der Waals surface area contributed by atoms with E-state index in [0.717, 1.165) is 24.1 Å². The highest BCUT2D eigenvalue weighted by atomic mass is 16.4. The Morgan fingerprint density at radius 2 is 1.84 bits per heavy atom. The lowest BCUT2D eigenvalue weighted by Gasteiger charge is -2.06. The third-order valence-electron chi connectivity index (χ3n) is 4.43. The Morgan fingerprint density at radius 1 is 1.16 bits per heavy atom. The van der Waals surface area contributed by atoms with E-state index < -0.39 is 5.97 Å². The molecule has 1 heterocycles. The van der Waals surface area contributed by atoms with E-state index in [0.29, 0.717) is 19.4 Å². The molecule has 0 fully saturated rings. The summed E-state index contributed by atoms with van der Waals surface area (Å²) in [6, 6.07) is 6.64. The summed E-state index contributed by atoms with van der Waals surface area (Å²) in [5.74, 6) is -0.926. The first-order chi connectivity index (χ1) is 11.9. The van der Waals surface area contributed by atoms with Crippen LogP contribution in [0.3, 0.4) is 0 Å². The molecule has 2 N–H and O–H groups in total. The van der Waals surface area contributed by atoms with Gasteiger partial charge in [0, 0.05) is 25.7 Å². The van der Waals surface area contributed by atoms with Gasteiger partial charge >= 0.3 is 5.97 Å². The molecular weight excluding hydrogens is 318 g/mol. The monoisotopic (exact) mass is 343 g/mol. The fourth-order valence-electron chi connectivity index (χ4n) is 2.83. The number of carboxylic acid groups (broad SMARTS) is 1. The van der Waals surface area contributed by atoms with Gasteiger partial charge in [0.05, 0.1) is 11.3 Å². The number of hydrogen-bond donors (Lipinski definition) is 2. The number of rotatable bonds is 8. The molecule has 6 heteroatoms. The number of amides is 1. The average molecular weight is 343 g/mol. The molecular formula is C19H25N3O3. The first-order valence-corrected chi connectivity index (χ1v) is 8.46. The molecule has 0 spiro atoms. The van der Waals surface area contributed by atoms with Crippen LogP contribution in [0.2, 0.25) is 0 Å². The third kappa shape index (κ3) is 5.17. The Balaban J connectivity index is 1.69. The number of aromatic nitrogens is 2. The minimum Gasteiger partial charge on any atom is -0.478 e. The van der Waals surface area contributed by atoms with E-state index in [1.807, 2.05) is 18.7 Å². The summed E-state index contributed by atoms with van der Waals surface area (Å²) in [6.07, 6.45) is 2.79. The molecule has 2 rings (SSSR count). The molecule has 25 heavy (non-hydrogen) atoms. The highest BCUT2D eigenvalue weighted by Crippen LogP contribution is 2.13. The number of aromatic carboxylic acids is 1. The molecule has 6 nitrogen and oxygen atoms in total. The molecule has 0 saturated heterocycles. The molecule has 0 saturated carbocycles. The summed E-state index contributed by atoms with van der Waals surface area (Å²) in [4.78, 5) is 22.7. The molecule has 0 bridgehead atoms. The normalized spacial score (nSPS) is 10.7. The summed E-state index contributed by atoms with van der Waals surface area (Å²) < 4.78 is 1.89. The number of hydrogen-bond acceptors (Lipinski definition) is 3. The molecule has 0 unspecified atom stereocenters. The average Bonchev–Trinajstić information content (AvgIpc) is 2.82. The van der Waals surface area contributed by atoms with Crippen molar-refractivity contribution in [3.8, 4) is 0 Å². The van der Waals surface area contributed by atoms with Crippen molar-refractivity contribution in [1.29, 1.82) is 0 Å². The molecule has 1 amide bonds. The SMILES string of the molecule is Cc1nn(C)c(C)c1CCCNC(=O)CCc1ccc(C(=O)O)cc1. The fraction of sp³-hybridized carbons (Fsp3) is 0.421. The first-order valence-electron chi connectivity index (χ1n) is 8.46. The smallest absolute Gasteiger partial charge is 0.335 e. The van der Waals surface area contributed by atoms with E-state index in [9.17, 15) is 9.59 Å². The molecule has 0 aliphatic rings. The van der Waals surface area contributed by atoms with Crippen LogP contribution in [0, 0.1) is 13.8 Å². The van der Waals surface area contributed by atoms with Crippen LogP contribution in [-0.4, -0.2) is 33.3 Å². The van der Waals surface area contributed by atoms with Gasteiger partial charge in [-0.25, -0.2) is 4.79 Å². The lowest BCUT2D eigenvalue weighted by Crippen LogP contribution is -2.25. The molecule has 1 aromatic carbocycles. The van der Waals surface area contributed by atoms with Crippen LogP contribution >= 0.6 is 0 Å². The zero-order valence-electron chi connectivity index (χ0n) is 15.0. The Kier molecular flexibility index (Phi) is 6.33. The summed E-state index contributed by atoms with van der Waals surface area (Å²) in [5.41, 5.74) is 4.70. The van der Waals surface area contributed by atoms with Gasteiger partial charge in [-0.2, -0.15) is 5.10 Å². The molecule has 2 aromatic rings. The Bertz CT molecular complexity index is 748. The number of carbonyl (C=O) groups is 2. The van der Waals surface area contributed by atoms with Gasteiger partial charge in [0.2, 0.25) is 5.91 Å². The van der Waals surface area contributed by atoms with Gasteiger partial charge < -0.3 is 10.4 Å². The van der Waals surface area contributed by atoms with Crippen molar-refractivity contribution in [3.63, 3.8) is 0 Å². The lowest BCUT2D eigenvalue weighted by molar-refractivity contribution is -0.121. The molecule has 134 valence electrons. The maximum atomic E-state index is 11.9. The van der Waals surface area contributed by atoms with Crippen LogP contribution < -0.4 is 5.32 Å². The Labute approximate surface area is 147 Å². The molecule has 0 radical (unpaired) electrons. The lowest BCUT2D eigenvalue weighted by atomic mass is 10.1. The predicted molar refractivity (Wildman–Crippen MR) is 95.7 cm³/mol. The predicted octanol–water partition coefficient (Wildman–Crippen LogP) is 2.42. The van der Waals surface area contributed by atoms with Crippen molar-refractivity contribution in [3.05, 3.63) is 52.3 Å². The number of benzene rings is 1. The van der Waals surface area contributed by atoms with Gasteiger partial charge in [-0.05, 0) is 56.4 Å². The van der Waals surface area contributed by atoms with Gasteiger partial charge in [0.25, 0.3) is 0 Å². The standard InChI is InChI=1S/C19H25N3O3/c1-13-17(14(2)22(3)21-13)5-4-12-20-18(23)11-8-15-6-9-16(10-7-15)19(24)25/h6-7,9-10H,4-5,8,11-12H2,1-3H3,(H,20,23)(H,24,25). The number of carboxylic acids is 1. The van der Waals surface area contributed by atoms with Crippen molar-refractivity contribution in [2.24, 2.45) is 7.05 Å². The van der Waals surface area contributed by atoms with E-state index in [2.05, 4.69) is 17.3 Å². The third-order valence-corrected chi connectivity index (χ3v) is 4.43. The first kappa shape index (κ1) is 18.7. The van der Waals surface area contributed by atoms with Gasteiger partial charge in [-0.15, -0.1) is 0 Å². The van der Waals surface area contributed by atoms with Crippen LogP contribution in [0.5, 0.6) is 0 Å². The van der Waals surface area contributed by atoms with Crippen molar-refractivity contribution in [2.45, 2.75) is 39.5 Å².